The van der Waals surface area contributed by atoms with Crippen molar-refractivity contribution in [3.05, 3.63) is 33.8 Å². The normalized spacial score (nSPS) is 12.8. The van der Waals surface area contributed by atoms with E-state index in [2.05, 4.69) is 35.0 Å². The Bertz CT molecular complexity index is 317. The Labute approximate surface area is 103 Å². The zero-order valence-corrected chi connectivity index (χ0v) is 11.0. The van der Waals surface area contributed by atoms with Crippen LogP contribution in [0.2, 0.25) is 0 Å². The average molecular weight is 291 g/mol. The molecule has 0 bridgehead atoms. The molecule has 4 heteroatoms. The molecule has 0 radical (unpaired) electrons. The largest absolute Gasteiger partial charge is 0.394 e. The average Bonchev–Trinajstić information content (AvgIpc) is 2.21. The summed E-state index contributed by atoms with van der Waals surface area (Å²) in [5.74, 6) is 1.45. The van der Waals surface area contributed by atoms with Crippen LogP contribution in [0, 0.1) is 6.92 Å². The van der Waals surface area contributed by atoms with Gasteiger partial charge in [0.2, 0.25) is 0 Å². The van der Waals surface area contributed by atoms with E-state index in [4.69, 9.17) is 5.11 Å². The Morgan fingerprint density at radius 2 is 2.20 bits per heavy atom. The highest BCUT2D eigenvalue weighted by Crippen LogP contribution is 2.20. The molecule has 1 aromatic rings. The molecule has 0 aliphatic heterocycles. The third kappa shape index (κ3) is 4.55. The molecular weight excluding hydrogens is 276 g/mol. The summed E-state index contributed by atoms with van der Waals surface area (Å²) in [5, 5.41) is 17.8. The van der Waals surface area contributed by atoms with Gasteiger partial charge in [0.25, 0.3) is 0 Å². The molecule has 2 N–H and O–H groups in total. The van der Waals surface area contributed by atoms with Crippen LogP contribution in [-0.4, -0.2) is 28.7 Å². The maximum absolute atomic E-state index is 9.17. The first-order valence-electron chi connectivity index (χ1n) is 4.75. The molecule has 15 heavy (non-hydrogen) atoms. The van der Waals surface area contributed by atoms with Crippen molar-refractivity contribution < 1.29 is 10.2 Å². The third-order valence-corrected chi connectivity index (χ3v) is 3.71. The number of benzene rings is 1. The van der Waals surface area contributed by atoms with E-state index in [0.717, 1.165) is 10.2 Å². The number of aliphatic hydroxyl groups excluding tert-OH is 2. The van der Waals surface area contributed by atoms with Crippen LogP contribution in [0.25, 0.3) is 0 Å². The van der Waals surface area contributed by atoms with Gasteiger partial charge in [-0.25, -0.2) is 0 Å². The topological polar surface area (TPSA) is 40.5 Å². The maximum Gasteiger partial charge on any atom is 0.0861 e. The number of thioether (sulfide) groups is 1. The molecule has 1 atom stereocenters. The second-order valence-electron chi connectivity index (χ2n) is 3.42. The van der Waals surface area contributed by atoms with Gasteiger partial charge in [0.15, 0.2) is 0 Å². The smallest absolute Gasteiger partial charge is 0.0861 e. The molecule has 0 heterocycles. The predicted octanol–water partition coefficient (Wildman–Crippen LogP) is 2.34. The summed E-state index contributed by atoms with van der Waals surface area (Å²) in [5.41, 5.74) is 2.52. The number of hydrogen-bond donors (Lipinski definition) is 2. The van der Waals surface area contributed by atoms with Crippen LogP contribution in [0.4, 0.5) is 0 Å². The second-order valence-corrected chi connectivity index (χ2v) is 5.37. The van der Waals surface area contributed by atoms with Gasteiger partial charge in [0.05, 0.1) is 12.7 Å². The van der Waals surface area contributed by atoms with Gasteiger partial charge in [-0.05, 0) is 30.2 Å². The van der Waals surface area contributed by atoms with E-state index < -0.39 is 6.10 Å². The zero-order valence-electron chi connectivity index (χ0n) is 8.61. The molecule has 0 fully saturated rings. The minimum atomic E-state index is -0.606. The lowest BCUT2D eigenvalue weighted by Gasteiger charge is -2.08. The van der Waals surface area contributed by atoms with E-state index in [0.29, 0.717) is 5.75 Å². The van der Waals surface area contributed by atoms with Crippen LogP contribution in [0.5, 0.6) is 0 Å². The molecule has 1 rings (SSSR count). The summed E-state index contributed by atoms with van der Waals surface area (Å²) in [4.78, 5) is 0. The van der Waals surface area contributed by atoms with Gasteiger partial charge >= 0.3 is 0 Å². The fraction of sp³-hybridized carbons (Fsp3) is 0.455. The Morgan fingerprint density at radius 3 is 2.80 bits per heavy atom. The minimum Gasteiger partial charge on any atom is -0.394 e. The maximum atomic E-state index is 9.17. The summed E-state index contributed by atoms with van der Waals surface area (Å²) < 4.78 is 1.09. The van der Waals surface area contributed by atoms with Crippen LogP contribution >= 0.6 is 27.7 Å². The van der Waals surface area contributed by atoms with Crippen molar-refractivity contribution in [3.8, 4) is 0 Å². The van der Waals surface area contributed by atoms with Crippen LogP contribution in [0.3, 0.4) is 0 Å². The molecule has 0 unspecified atom stereocenters. The van der Waals surface area contributed by atoms with Crippen LogP contribution < -0.4 is 0 Å². The lowest BCUT2D eigenvalue weighted by Crippen LogP contribution is -2.14. The van der Waals surface area contributed by atoms with Crippen molar-refractivity contribution in [2.75, 3.05) is 12.4 Å². The lowest BCUT2D eigenvalue weighted by molar-refractivity contribution is 0.113. The van der Waals surface area contributed by atoms with Gasteiger partial charge < -0.3 is 10.2 Å². The highest BCUT2D eigenvalue weighted by molar-refractivity contribution is 9.10. The van der Waals surface area contributed by atoms with Gasteiger partial charge in [0.1, 0.15) is 0 Å². The van der Waals surface area contributed by atoms with Gasteiger partial charge in [-0.15, -0.1) is 0 Å². The molecule has 2 nitrogen and oxygen atoms in total. The molecular formula is C11H15BrO2S. The number of hydrogen-bond acceptors (Lipinski definition) is 3. The quantitative estimate of drug-likeness (QED) is 0.875. The molecule has 0 aromatic heterocycles. The van der Waals surface area contributed by atoms with Gasteiger partial charge in [-0.2, -0.15) is 11.8 Å². The van der Waals surface area contributed by atoms with Crippen LogP contribution in [0.1, 0.15) is 11.1 Å². The van der Waals surface area contributed by atoms with E-state index in [1.807, 2.05) is 6.07 Å². The summed E-state index contributed by atoms with van der Waals surface area (Å²) in [6.07, 6.45) is -0.606. The number of rotatable bonds is 5. The monoisotopic (exact) mass is 290 g/mol. The van der Waals surface area contributed by atoms with Crippen molar-refractivity contribution in [1.82, 2.24) is 0 Å². The standard InChI is InChI=1S/C11H15BrO2S/c1-8-4-10(12)3-2-9(8)6-15-7-11(14)5-13/h2-4,11,13-14H,5-7H2,1H3/t11-/m0/s1. The highest BCUT2D eigenvalue weighted by Gasteiger charge is 2.03. The van der Waals surface area contributed by atoms with Crippen LogP contribution in [0.15, 0.2) is 22.7 Å². The molecule has 0 amide bonds. The summed E-state index contributed by atoms with van der Waals surface area (Å²) in [7, 11) is 0. The van der Waals surface area contributed by atoms with Crippen molar-refractivity contribution in [2.45, 2.75) is 18.8 Å². The van der Waals surface area contributed by atoms with Crippen molar-refractivity contribution in [3.63, 3.8) is 0 Å². The fourth-order valence-corrected chi connectivity index (χ4v) is 2.69. The first kappa shape index (κ1) is 13.0. The SMILES string of the molecule is Cc1cc(Br)ccc1CSC[C@@H](O)CO. The Kier molecular flexibility index (Phi) is 5.68. The molecule has 0 aliphatic rings. The highest BCUT2D eigenvalue weighted by atomic mass is 79.9. The molecule has 0 aliphatic carbocycles. The van der Waals surface area contributed by atoms with Crippen molar-refractivity contribution in [1.29, 1.82) is 0 Å². The van der Waals surface area contributed by atoms with Crippen LogP contribution in [-0.2, 0) is 5.75 Å². The minimum absolute atomic E-state index is 0.160. The Balaban J connectivity index is 2.44. The van der Waals surface area contributed by atoms with E-state index >= 15 is 0 Å². The first-order valence-corrected chi connectivity index (χ1v) is 6.70. The Hall–Kier alpha value is -0.0300. The summed E-state index contributed by atoms with van der Waals surface area (Å²) in [6, 6.07) is 6.18. The predicted molar refractivity (Wildman–Crippen MR) is 68.1 cm³/mol. The van der Waals surface area contributed by atoms with Crippen molar-refractivity contribution >= 4 is 27.7 Å². The Morgan fingerprint density at radius 1 is 1.47 bits per heavy atom. The number of aryl methyl sites for hydroxylation is 1. The van der Waals surface area contributed by atoms with Gasteiger partial charge in [0, 0.05) is 16.0 Å². The molecule has 0 saturated carbocycles. The fourth-order valence-electron chi connectivity index (χ4n) is 1.18. The number of halogens is 1. The third-order valence-electron chi connectivity index (χ3n) is 2.08. The van der Waals surface area contributed by atoms with Crippen molar-refractivity contribution in [2.24, 2.45) is 0 Å². The van der Waals surface area contributed by atoms with Gasteiger partial charge in [-0.3, -0.25) is 0 Å². The summed E-state index contributed by atoms with van der Waals surface area (Å²) >= 11 is 5.05. The van der Waals surface area contributed by atoms with E-state index in [9.17, 15) is 5.11 Å². The summed E-state index contributed by atoms with van der Waals surface area (Å²) in [6.45, 7) is 1.91. The zero-order chi connectivity index (χ0) is 11.3. The molecule has 1 aromatic carbocycles. The van der Waals surface area contributed by atoms with E-state index in [1.165, 1.54) is 11.1 Å². The van der Waals surface area contributed by atoms with E-state index in [1.54, 1.807) is 11.8 Å². The van der Waals surface area contributed by atoms with E-state index in [-0.39, 0.29) is 6.61 Å². The molecule has 0 saturated heterocycles. The number of aliphatic hydroxyl groups is 2. The first-order chi connectivity index (χ1) is 7.13. The van der Waals surface area contributed by atoms with Gasteiger partial charge in [-0.1, -0.05) is 22.0 Å². The second kappa shape index (κ2) is 6.53. The molecule has 84 valence electrons. The lowest BCUT2D eigenvalue weighted by atomic mass is 10.1. The molecule has 0 spiro atoms.